The zero-order valence-corrected chi connectivity index (χ0v) is 12.2. The van der Waals surface area contributed by atoms with Crippen molar-refractivity contribution in [2.24, 2.45) is 0 Å². The SMILES string of the molecule is CCCn1ccn(CCNCCCCOCC)c1=O. The van der Waals surface area contributed by atoms with Crippen LogP contribution in [0.15, 0.2) is 17.2 Å². The lowest BCUT2D eigenvalue weighted by Gasteiger charge is -2.05. The number of rotatable bonds is 11. The van der Waals surface area contributed by atoms with Crippen LogP contribution in [0.1, 0.15) is 33.1 Å². The van der Waals surface area contributed by atoms with Gasteiger partial charge in [-0.05, 0) is 32.7 Å². The Morgan fingerprint density at radius 2 is 1.84 bits per heavy atom. The van der Waals surface area contributed by atoms with Gasteiger partial charge >= 0.3 is 5.69 Å². The van der Waals surface area contributed by atoms with Gasteiger partial charge in [-0.1, -0.05) is 6.92 Å². The lowest BCUT2D eigenvalue weighted by atomic mass is 10.3. The van der Waals surface area contributed by atoms with Crippen molar-refractivity contribution in [2.75, 3.05) is 26.3 Å². The van der Waals surface area contributed by atoms with Gasteiger partial charge in [0.2, 0.25) is 0 Å². The summed E-state index contributed by atoms with van der Waals surface area (Å²) in [6.07, 6.45) is 6.93. The fraction of sp³-hybridized carbons (Fsp3) is 0.786. The normalized spacial score (nSPS) is 11.1. The molecule has 0 aliphatic heterocycles. The van der Waals surface area contributed by atoms with E-state index in [1.54, 1.807) is 9.13 Å². The molecule has 0 aliphatic carbocycles. The molecule has 0 fully saturated rings. The van der Waals surface area contributed by atoms with Gasteiger partial charge in [0.15, 0.2) is 0 Å². The van der Waals surface area contributed by atoms with Crippen LogP contribution in [0.4, 0.5) is 0 Å². The maximum atomic E-state index is 11.9. The smallest absolute Gasteiger partial charge is 0.328 e. The highest BCUT2D eigenvalue weighted by Gasteiger charge is 2.01. The molecule has 1 heterocycles. The quantitative estimate of drug-likeness (QED) is 0.619. The number of imidazole rings is 1. The lowest BCUT2D eigenvalue weighted by molar-refractivity contribution is 0.143. The molecule has 0 aliphatic rings. The van der Waals surface area contributed by atoms with Gasteiger partial charge in [-0.15, -0.1) is 0 Å². The highest BCUT2D eigenvalue weighted by molar-refractivity contribution is 4.81. The van der Waals surface area contributed by atoms with Gasteiger partial charge in [0.1, 0.15) is 0 Å². The number of aryl methyl sites for hydroxylation is 1. The molecule has 1 aromatic heterocycles. The second-order valence-corrected chi connectivity index (χ2v) is 4.62. The molecule has 0 saturated heterocycles. The minimum Gasteiger partial charge on any atom is -0.382 e. The number of aromatic nitrogens is 2. The predicted molar refractivity (Wildman–Crippen MR) is 77.6 cm³/mol. The second kappa shape index (κ2) is 9.81. The molecule has 0 saturated carbocycles. The largest absolute Gasteiger partial charge is 0.382 e. The van der Waals surface area contributed by atoms with E-state index in [0.29, 0.717) is 0 Å². The third-order valence-electron chi connectivity index (χ3n) is 3.01. The minimum atomic E-state index is 0.0972. The van der Waals surface area contributed by atoms with E-state index >= 15 is 0 Å². The van der Waals surface area contributed by atoms with E-state index < -0.39 is 0 Å². The summed E-state index contributed by atoms with van der Waals surface area (Å²) in [6, 6.07) is 0. The van der Waals surface area contributed by atoms with Crippen LogP contribution in [0.2, 0.25) is 0 Å². The van der Waals surface area contributed by atoms with E-state index in [4.69, 9.17) is 4.74 Å². The van der Waals surface area contributed by atoms with E-state index in [2.05, 4.69) is 12.2 Å². The molecule has 0 aromatic carbocycles. The fourth-order valence-electron chi connectivity index (χ4n) is 1.96. The van der Waals surface area contributed by atoms with E-state index in [9.17, 15) is 4.79 Å². The van der Waals surface area contributed by atoms with Crippen molar-refractivity contribution in [2.45, 2.75) is 46.2 Å². The van der Waals surface area contributed by atoms with E-state index in [0.717, 1.165) is 58.7 Å². The molecule has 0 spiro atoms. The van der Waals surface area contributed by atoms with Crippen LogP contribution in [0.5, 0.6) is 0 Å². The Hall–Kier alpha value is -1.07. The average molecular weight is 269 g/mol. The molecule has 0 unspecified atom stereocenters. The summed E-state index contributed by atoms with van der Waals surface area (Å²) in [5, 5.41) is 3.35. The molecule has 0 atom stereocenters. The standard InChI is InChI=1S/C14H27N3O2/c1-3-9-16-11-12-17(14(16)18)10-8-15-7-5-6-13-19-4-2/h11-12,15H,3-10,13H2,1-2H3. The highest BCUT2D eigenvalue weighted by atomic mass is 16.5. The molecule has 1 aromatic rings. The summed E-state index contributed by atoms with van der Waals surface area (Å²) in [6.45, 7) is 9.09. The monoisotopic (exact) mass is 269 g/mol. The van der Waals surface area contributed by atoms with Gasteiger partial charge in [-0.25, -0.2) is 4.79 Å². The zero-order valence-electron chi connectivity index (χ0n) is 12.2. The summed E-state index contributed by atoms with van der Waals surface area (Å²) < 4.78 is 8.81. The van der Waals surface area contributed by atoms with Crippen molar-refractivity contribution < 1.29 is 4.74 Å². The summed E-state index contributed by atoms with van der Waals surface area (Å²) in [7, 11) is 0. The Morgan fingerprint density at radius 1 is 1.11 bits per heavy atom. The van der Waals surface area contributed by atoms with Crippen LogP contribution in [0.25, 0.3) is 0 Å². The molecule has 110 valence electrons. The first kappa shape index (κ1) is 16.0. The molecule has 0 amide bonds. The molecular weight excluding hydrogens is 242 g/mol. The van der Waals surface area contributed by atoms with Gasteiger partial charge in [0.05, 0.1) is 0 Å². The number of hydrogen-bond donors (Lipinski definition) is 1. The van der Waals surface area contributed by atoms with Crippen molar-refractivity contribution in [1.29, 1.82) is 0 Å². The van der Waals surface area contributed by atoms with E-state index in [1.165, 1.54) is 0 Å². The highest BCUT2D eigenvalue weighted by Crippen LogP contribution is 1.90. The molecule has 5 nitrogen and oxygen atoms in total. The average Bonchev–Trinajstić information content (AvgIpc) is 2.75. The minimum absolute atomic E-state index is 0.0972. The van der Waals surface area contributed by atoms with Crippen molar-refractivity contribution in [1.82, 2.24) is 14.5 Å². The van der Waals surface area contributed by atoms with Gasteiger partial charge in [0, 0.05) is 45.2 Å². The van der Waals surface area contributed by atoms with Crippen molar-refractivity contribution >= 4 is 0 Å². The fourth-order valence-corrected chi connectivity index (χ4v) is 1.96. The first-order valence-electron chi connectivity index (χ1n) is 7.33. The molecule has 1 rings (SSSR count). The van der Waals surface area contributed by atoms with Crippen LogP contribution in [-0.2, 0) is 17.8 Å². The van der Waals surface area contributed by atoms with Crippen molar-refractivity contribution in [3.8, 4) is 0 Å². The summed E-state index contributed by atoms with van der Waals surface area (Å²) >= 11 is 0. The van der Waals surface area contributed by atoms with Gasteiger partial charge < -0.3 is 10.1 Å². The molecule has 0 radical (unpaired) electrons. The van der Waals surface area contributed by atoms with Crippen LogP contribution in [0.3, 0.4) is 0 Å². The molecule has 0 bridgehead atoms. The zero-order chi connectivity index (χ0) is 13.9. The van der Waals surface area contributed by atoms with Gasteiger partial charge in [-0.3, -0.25) is 9.13 Å². The lowest BCUT2D eigenvalue weighted by Crippen LogP contribution is -2.29. The van der Waals surface area contributed by atoms with Crippen LogP contribution < -0.4 is 11.0 Å². The number of unbranched alkanes of at least 4 members (excludes halogenated alkanes) is 1. The molecule has 1 N–H and O–H groups in total. The summed E-state index contributed by atoms with van der Waals surface area (Å²) in [5.74, 6) is 0. The summed E-state index contributed by atoms with van der Waals surface area (Å²) in [5.41, 5.74) is 0.0972. The molecule has 5 heteroatoms. The number of ether oxygens (including phenoxy) is 1. The van der Waals surface area contributed by atoms with Gasteiger partial charge in [0.25, 0.3) is 0 Å². The van der Waals surface area contributed by atoms with Crippen molar-refractivity contribution in [3.63, 3.8) is 0 Å². The number of nitrogens with zero attached hydrogens (tertiary/aromatic N) is 2. The first-order chi connectivity index (χ1) is 9.29. The third-order valence-corrected chi connectivity index (χ3v) is 3.01. The maximum absolute atomic E-state index is 11.9. The Balaban J connectivity index is 2.11. The Morgan fingerprint density at radius 3 is 2.53 bits per heavy atom. The maximum Gasteiger partial charge on any atom is 0.328 e. The second-order valence-electron chi connectivity index (χ2n) is 4.62. The van der Waals surface area contributed by atoms with Crippen LogP contribution in [0, 0.1) is 0 Å². The van der Waals surface area contributed by atoms with Crippen LogP contribution in [-0.4, -0.2) is 35.4 Å². The Bertz CT molecular complexity index is 384. The van der Waals surface area contributed by atoms with E-state index in [-0.39, 0.29) is 5.69 Å². The molecular formula is C14H27N3O2. The van der Waals surface area contributed by atoms with Crippen molar-refractivity contribution in [3.05, 3.63) is 22.9 Å². The summed E-state index contributed by atoms with van der Waals surface area (Å²) in [4.78, 5) is 11.9. The Kier molecular flexibility index (Phi) is 8.25. The number of hydrogen-bond acceptors (Lipinski definition) is 3. The molecule has 19 heavy (non-hydrogen) atoms. The number of nitrogens with one attached hydrogen (secondary N) is 1. The predicted octanol–water partition coefficient (Wildman–Crippen LogP) is 1.47. The van der Waals surface area contributed by atoms with E-state index in [1.807, 2.05) is 19.3 Å². The van der Waals surface area contributed by atoms with Gasteiger partial charge in [-0.2, -0.15) is 0 Å². The topological polar surface area (TPSA) is 48.2 Å². The first-order valence-corrected chi connectivity index (χ1v) is 7.33. The third kappa shape index (κ3) is 6.07. The Labute approximate surface area is 115 Å². The van der Waals surface area contributed by atoms with Crippen LogP contribution >= 0.6 is 0 Å².